The molecule has 0 aromatic heterocycles. The van der Waals surface area contributed by atoms with Gasteiger partial charge in [0.25, 0.3) is 0 Å². The molecule has 0 heterocycles. The highest BCUT2D eigenvalue weighted by Crippen LogP contribution is 2.37. The Morgan fingerprint density at radius 3 is 1.90 bits per heavy atom. The van der Waals surface area contributed by atoms with Gasteiger partial charge in [0.1, 0.15) is 0 Å². The minimum atomic E-state index is -2.03. The van der Waals surface area contributed by atoms with Crippen LogP contribution in [0.15, 0.2) is 0 Å². The average molecular weight is 305 g/mol. The molecule has 0 rings (SSSR count). The SMILES string of the molecule is CC(C)(C)N(CC(CO)O[Si](C)(C)C(C)(C)C)C(=O)O. The standard InChI is InChI=1S/C14H31NO4Si/c1-13(2,3)15(12(17)18)9-11(10-16)19-20(7,8)14(4,5)6/h11,16H,9-10H2,1-8H3,(H,17,18). The molecular weight excluding hydrogens is 274 g/mol. The van der Waals surface area contributed by atoms with Gasteiger partial charge in [0.2, 0.25) is 0 Å². The van der Waals surface area contributed by atoms with Crippen LogP contribution in [0.4, 0.5) is 4.79 Å². The molecule has 120 valence electrons. The molecule has 0 saturated carbocycles. The summed E-state index contributed by atoms with van der Waals surface area (Å²) in [6.07, 6.45) is -1.47. The zero-order chi connectivity index (χ0) is 16.4. The van der Waals surface area contributed by atoms with Crippen molar-refractivity contribution in [3.63, 3.8) is 0 Å². The van der Waals surface area contributed by atoms with E-state index in [2.05, 4.69) is 33.9 Å². The fourth-order valence-corrected chi connectivity index (χ4v) is 2.90. The fourth-order valence-electron chi connectivity index (χ4n) is 1.57. The first-order chi connectivity index (χ1) is 8.72. The van der Waals surface area contributed by atoms with Gasteiger partial charge in [-0.2, -0.15) is 0 Å². The molecule has 0 spiro atoms. The summed E-state index contributed by atoms with van der Waals surface area (Å²) < 4.78 is 6.11. The van der Waals surface area contributed by atoms with Crippen LogP contribution in [0.1, 0.15) is 41.5 Å². The molecule has 0 bridgehead atoms. The number of hydrogen-bond acceptors (Lipinski definition) is 3. The van der Waals surface area contributed by atoms with E-state index < -0.39 is 26.1 Å². The second-order valence-electron chi connectivity index (χ2n) is 7.75. The highest BCUT2D eigenvalue weighted by atomic mass is 28.4. The Kier molecular flexibility index (Phi) is 6.26. The minimum absolute atomic E-state index is 0.0240. The van der Waals surface area contributed by atoms with Gasteiger partial charge < -0.3 is 19.5 Å². The topological polar surface area (TPSA) is 70.0 Å². The van der Waals surface area contributed by atoms with Crippen molar-refractivity contribution in [1.29, 1.82) is 0 Å². The lowest BCUT2D eigenvalue weighted by molar-refractivity contribution is 0.0357. The van der Waals surface area contributed by atoms with E-state index in [0.717, 1.165) is 0 Å². The molecule has 0 aromatic carbocycles. The number of carboxylic acid groups (broad SMARTS) is 1. The molecule has 5 nitrogen and oxygen atoms in total. The second kappa shape index (κ2) is 6.45. The van der Waals surface area contributed by atoms with Crippen molar-refractivity contribution in [3.05, 3.63) is 0 Å². The van der Waals surface area contributed by atoms with Crippen molar-refractivity contribution < 1.29 is 19.4 Å². The molecule has 0 aliphatic carbocycles. The van der Waals surface area contributed by atoms with Crippen molar-refractivity contribution in [2.75, 3.05) is 13.2 Å². The van der Waals surface area contributed by atoms with Crippen molar-refractivity contribution in [1.82, 2.24) is 4.90 Å². The summed E-state index contributed by atoms with van der Waals surface area (Å²) >= 11 is 0. The number of hydrogen-bond donors (Lipinski definition) is 2. The molecule has 1 unspecified atom stereocenters. The Hall–Kier alpha value is -0.593. The van der Waals surface area contributed by atoms with Gasteiger partial charge in [-0.3, -0.25) is 0 Å². The minimum Gasteiger partial charge on any atom is -0.465 e. The lowest BCUT2D eigenvalue weighted by Crippen LogP contribution is -2.53. The summed E-state index contributed by atoms with van der Waals surface area (Å²) in [5, 5.41) is 18.9. The first-order valence-electron chi connectivity index (χ1n) is 7.01. The second-order valence-corrected chi connectivity index (χ2v) is 12.5. The number of amides is 1. The number of rotatable bonds is 5. The van der Waals surface area contributed by atoms with Crippen LogP contribution in [-0.4, -0.2) is 54.3 Å². The Morgan fingerprint density at radius 2 is 1.65 bits per heavy atom. The molecule has 20 heavy (non-hydrogen) atoms. The lowest BCUT2D eigenvalue weighted by Gasteiger charge is -2.41. The Morgan fingerprint density at radius 1 is 1.20 bits per heavy atom. The van der Waals surface area contributed by atoms with Gasteiger partial charge in [0.15, 0.2) is 8.32 Å². The first-order valence-corrected chi connectivity index (χ1v) is 9.92. The monoisotopic (exact) mass is 305 g/mol. The zero-order valence-electron chi connectivity index (χ0n) is 14.1. The molecule has 1 amide bonds. The summed E-state index contributed by atoms with van der Waals surface area (Å²) in [5.41, 5.74) is -0.518. The Balaban J connectivity index is 4.99. The molecular formula is C14H31NO4Si. The molecule has 0 aliphatic rings. The lowest BCUT2D eigenvalue weighted by atomic mass is 10.1. The van der Waals surface area contributed by atoms with Gasteiger partial charge in [-0.15, -0.1) is 0 Å². The van der Waals surface area contributed by atoms with E-state index in [9.17, 15) is 15.0 Å². The van der Waals surface area contributed by atoms with Crippen LogP contribution in [-0.2, 0) is 4.43 Å². The van der Waals surface area contributed by atoms with E-state index in [1.807, 2.05) is 20.8 Å². The predicted molar refractivity (Wildman–Crippen MR) is 83.6 cm³/mol. The summed E-state index contributed by atoms with van der Waals surface area (Å²) in [4.78, 5) is 12.7. The quantitative estimate of drug-likeness (QED) is 0.766. The third-order valence-corrected chi connectivity index (χ3v) is 8.43. The van der Waals surface area contributed by atoms with E-state index in [1.165, 1.54) is 4.90 Å². The summed E-state index contributed by atoms with van der Waals surface area (Å²) in [5.74, 6) is 0. The van der Waals surface area contributed by atoms with Crippen molar-refractivity contribution in [3.8, 4) is 0 Å². The molecule has 0 fully saturated rings. The molecule has 0 radical (unpaired) electrons. The van der Waals surface area contributed by atoms with E-state index >= 15 is 0 Å². The van der Waals surface area contributed by atoms with Gasteiger partial charge in [-0.25, -0.2) is 4.79 Å². The van der Waals surface area contributed by atoms with Crippen LogP contribution >= 0.6 is 0 Å². The van der Waals surface area contributed by atoms with Gasteiger partial charge in [0, 0.05) is 5.54 Å². The van der Waals surface area contributed by atoms with Crippen LogP contribution in [0.5, 0.6) is 0 Å². The highest BCUT2D eigenvalue weighted by Gasteiger charge is 2.40. The maximum Gasteiger partial charge on any atom is 0.407 e. The van der Waals surface area contributed by atoms with E-state index in [-0.39, 0.29) is 18.2 Å². The van der Waals surface area contributed by atoms with Gasteiger partial charge >= 0.3 is 6.09 Å². The normalized spacial score (nSPS) is 15.1. The Labute approximate surface area is 124 Å². The zero-order valence-corrected chi connectivity index (χ0v) is 15.1. The van der Waals surface area contributed by atoms with Crippen LogP contribution < -0.4 is 0 Å². The smallest absolute Gasteiger partial charge is 0.407 e. The predicted octanol–water partition coefficient (Wildman–Crippen LogP) is 3.15. The molecule has 0 aromatic rings. The fraction of sp³-hybridized carbons (Fsp3) is 0.929. The molecule has 2 N–H and O–H groups in total. The van der Waals surface area contributed by atoms with Crippen molar-refractivity contribution >= 4 is 14.4 Å². The van der Waals surface area contributed by atoms with Crippen molar-refractivity contribution in [2.45, 2.75) is 71.3 Å². The maximum absolute atomic E-state index is 11.4. The van der Waals surface area contributed by atoms with Crippen LogP contribution in [0.25, 0.3) is 0 Å². The molecule has 1 atom stereocenters. The van der Waals surface area contributed by atoms with E-state index in [4.69, 9.17) is 4.43 Å². The summed E-state index contributed by atoms with van der Waals surface area (Å²) in [6, 6.07) is 0. The van der Waals surface area contributed by atoms with Crippen molar-refractivity contribution in [2.24, 2.45) is 0 Å². The van der Waals surface area contributed by atoms with Crippen LogP contribution in [0.3, 0.4) is 0 Å². The van der Waals surface area contributed by atoms with Gasteiger partial charge in [-0.1, -0.05) is 20.8 Å². The third-order valence-electron chi connectivity index (χ3n) is 3.90. The number of carbonyl (C=O) groups is 1. The molecule has 0 aliphatic heterocycles. The third kappa shape index (κ3) is 5.42. The van der Waals surface area contributed by atoms with E-state index in [1.54, 1.807) is 0 Å². The summed E-state index contributed by atoms with van der Waals surface area (Å²) in [6.45, 7) is 16.1. The Bertz CT molecular complexity index is 331. The van der Waals surface area contributed by atoms with Crippen LogP contribution in [0, 0.1) is 0 Å². The largest absolute Gasteiger partial charge is 0.465 e. The van der Waals surface area contributed by atoms with Gasteiger partial charge in [-0.05, 0) is 38.9 Å². The number of aliphatic hydroxyl groups is 1. The average Bonchev–Trinajstić information content (AvgIpc) is 2.19. The number of aliphatic hydroxyl groups excluding tert-OH is 1. The highest BCUT2D eigenvalue weighted by molar-refractivity contribution is 6.74. The summed E-state index contributed by atoms with van der Waals surface area (Å²) in [7, 11) is -2.03. The molecule has 0 saturated heterocycles. The van der Waals surface area contributed by atoms with E-state index in [0.29, 0.717) is 0 Å². The molecule has 6 heteroatoms. The first kappa shape index (κ1) is 19.4. The maximum atomic E-state index is 11.4. The van der Waals surface area contributed by atoms with Gasteiger partial charge in [0.05, 0.1) is 19.3 Å². The van der Waals surface area contributed by atoms with Crippen LogP contribution in [0.2, 0.25) is 18.1 Å². The number of nitrogens with zero attached hydrogens (tertiary/aromatic N) is 1.